The molecule has 0 heterocycles. The molecule has 14 heavy (non-hydrogen) atoms. The topological polar surface area (TPSA) is 38.7 Å². The van der Waals surface area contributed by atoms with Gasteiger partial charge in [-0.2, -0.15) is 0 Å². The standard InChI is InChI=1S/C11H22O3/c1-11(2)6-5-9(10(11)12)14-8-4-7-13-3/h9-10,12H,4-8H2,1-3H3. The van der Waals surface area contributed by atoms with Crippen molar-refractivity contribution in [3.63, 3.8) is 0 Å². The maximum absolute atomic E-state index is 9.92. The molecule has 1 aliphatic rings. The Morgan fingerprint density at radius 3 is 2.57 bits per heavy atom. The number of hydrogen-bond donors (Lipinski definition) is 1. The fourth-order valence-corrected chi connectivity index (χ4v) is 1.94. The molecule has 1 N–H and O–H groups in total. The van der Waals surface area contributed by atoms with Crippen LogP contribution in [0.3, 0.4) is 0 Å². The Bertz CT molecular complexity index is 168. The second-order valence-corrected chi connectivity index (χ2v) is 4.73. The molecule has 0 radical (unpaired) electrons. The van der Waals surface area contributed by atoms with Crippen molar-refractivity contribution in [2.24, 2.45) is 5.41 Å². The molecule has 0 aliphatic heterocycles. The lowest BCUT2D eigenvalue weighted by Gasteiger charge is -2.25. The summed E-state index contributed by atoms with van der Waals surface area (Å²) >= 11 is 0. The zero-order valence-corrected chi connectivity index (χ0v) is 9.45. The predicted octanol–water partition coefficient (Wildman–Crippen LogP) is 1.59. The van der Waals surface area contributed by atoms with Crippen molar-refractivity contribution in [3.8, 4) is 0 Å². The van der Waals surface area contributed by atoms with E-state index in [0.29, 0.717) is 6.61 Å². The highest BCUT2D eigenvalue weighted by atomic mass is 16.5. The highest BCUT2D eigenvalue weighted by molar-refractivity contribution is 4.91. The van der Waals surface area contributed by atoms with Gasteiger partial charge in [-0.1, -0.05) is 13.8 Å². The van der Waals surface area contributed by atoms with E-state index < -0.39 is 0 Å². The van der Waals surface area contributed by atoms with Crippen LogP contribution < -0.4 is 0 Å². The van der Waals surface area contributed by atoms with Crippen molar-refractivity contribution < 1.29 is 14.6 Å². The number of aliphatic hydroxyl groups excluding tert-OH is 1. The van der Waals surface area contributed by atoms with Gasteiger partial charge in [0.15, 0.2) is 0 Å². The van der Waals surface area contributed by atoms with Crippen LogP contribution in [0.1, 0.15) is 33.1 Å². The van der Waals surface area contributed by atoms with Crippen molar-refractivity contribution in [2.45, 2.75) is 45.3 Å². The van der Waals surface area contributed by atoms with Crippen LogP contribution in [0.4, 0.5) is 0 Å². The third-order valence-corrected chi connectivity index (χ3v) is 3.05. The van der Waals surface area contributed by atoms with Crippen LogP contribution in [0.5, 0.6) is 0 Å². The number of methoxy groups -OCH3 is 1. The van der Waals surface area contributed by atoms with Crippen LogP contribution >= 0.6 is 0 Å². The van der Waals surface area contributed by atoms with E-state index in [-0.39, 0.29) is 17.6 Å². The third kappa shape index (κ3) is 2.94. The van der Waals surface area contributed by atoms with Gasteiger partial charge in [-0.15, -0.1) is 0 Å². The predicted molar refractivity (Wildman–Crippen MR) is 55.3 cm³/mol. The largest absolute Gasteiger partial charge is 0.390 e. The molecule has 0 aromatic carbocycles. The van der Waals surface area contributed by atoms with Crippen molar-refractivity contribution in [1.29, 1.82) is 0 Å². The van der Waals surface area contributed by atoms with E-state index in [0.717, 1.165) is 25.9 Å². The summed E-state index contributed by atoms with van der Waals surface area (Å²) in [6.07, 6.45) is 2.64. The third-order valence-electron chi connectivity index (χ3n) is 3.05. The quantitative estimate of drug-likeness (QED) is 0.688. The van der Waals surface area contributed by atoms with Crippen LogP contribution in [0.25, 0.3) is 0 Å². The number of ether oxygens (including phenoxy) is 2. The maximum Gasteiger partial charge on any atom is 0.0852 e. The molecule has 1 saturated carbocycles. The Balaban J connectivity index is 2.20. The van der Waals surface area contributed by atoms with E-state index in [1.54, 1.807) is 7.11 Å². The summed E-state index contributed by atoms with van der Waals surface area (Å²) in [5.41, 5.74) is 0.0198. The average Bonchev–Trinajstić information content (AvgIpc) is 2.39. The number of aliphatic hydroxyl groups is 1. The normalized spacial score (nSPS) is 30.9. The zero-order valence-electron chi connectivity index (χ0n) is 9.45. The van der Waals surface area contributed by atoms with E-state index in [9.17, 15) is 5.11 Å². The molecule has 1 rings (SSSR count). The molecule has 84 valence electrons. The second kappa shape index (κ2) is 5.10. The van der Waals surface area contributed by atoms with Crippen LogP contribution in [0.2, 0.25) is 0 Å². The van der Waals surface area contributed by atoms with Gasteiger partial charge >= 0.3 is 0 Å². The zero-order chi connectivity index (χ0) is 10.6. The van der Waals surface area contributed by atoms with Gasteiger partial charge in [-0.05, 0) is 24.7 Å². The van der Waals surface area contributed by atoms with E-state index in [4.69, 9.17) is 9.47 Å². The van der Waals surface area contributed by atoms with Crippen LogP contribution in [0.15, 0.2) is 0 Å². The summed E-state index contributed by atoms with van der Waals surface area (Å²) in [6, 6.07) is 0. The molecule has 0 aromatic heterocycles. The second-order valence-electron chi connectivity index (χ2n) is 4.73. The van der Waals surface area contributed by atoms with Crippen LogP contribution in [0, 0.1) is 5.41 Å². The van der Waals surface area contributed by atoms with Gasteiger partial charge in [0.1, 0.15) is 0 Å². The first-order chi connectivity index (χ1) is 6.58. The van der Waals surface area contributed by atoms with Crippen molar-refractivity contribution in [2.75, 3.05) is 20.3 Å². The summed E-state index contributed by atoms with van der Waals surface area (Å²) in [4.78, 5) is 0. The molecule has 2 unspecified atom stereocenters. The molecule has 1 aliphatic carbocycles. The summed E-state index contributed by atoms with van der Waals surface area (Å²) in [5.74, 6) is 0. The molecule has 2 atom stereocenters. The van der Waals surface area contributed by atoms with Crippen molar-refractivity contribution in [3.05, 3.63) is 0 Å². The maximum atomic E-state index is 9.92. The first-order valence-corrected chi connectivity index (χ1v) is 5.36. The molecule has 0 aromatic rings. The molecule has 3 nitrogen and oxygen atoms in total. The van der Waals surface area contributed by atoms with E-state index >= 15 is 0 Å². The van der Waals surface area contributed by atoms with Gasteiger partial charge in [0.2, 0.25) is 0 Å². The summed E-state index contributed by atoms with van der Waals surface area (Å²) in [5, 5.41) is 9.92. The van der Waals surface area contributed by atoms with E-state index in [1.165, 1.54) is 0 Å². The summed E-state index contributed by atoms with van der Waals surface area (Å²) in [6.45, 7) is 5.60. The molecular weight excluding hydrogens is 180 g/mol. The Morgan fingerprint density at radius 2 is 2.07 bits per heavy atom. The lowest BCUT2D eigenvalue weighted by Crippen LogP contribution is -2.33. The molecule has 3 heteroatoms. The summed E-state index contributed by atoms with van der Waals surface area (Å²) in [7, 11) is 1.69. The molecule has 0 bridgehead atoms. The first-order valence-electron chi connectivity index (χ1n) is 5.36. The van der Waals surface area contributed by atoms with Crippen LogP contribution in [-0.2, 0) is 9.47 Å². The highest BCUT2D eigenvalue weighted by Gasteiger charge is 2.41. The van der Waals surface area contributed by atoms with Crippen LogP contribution in [-0.4, -0.2) is 37.6 Å². The minimum Gasteiger partial charge on any atom is -0.390 e. The van der Waals surface area contributed by atoms with Gasteiger partial charge in [0, 0.05) is 20.3 Å². The smallest absolute Gasteiger partial charge is 0.0852 e. The Morgan fingerprint density at radius 1 is 1.36 bits per heavy atom. The minimum atomic E-state index is -0.315. The van der Waals surface area contributed by atoms with Gasteiger partial charge in [0.25, 0.3) is 0 Å². The number of rotatable bonds is 5. The minimum absolute atomic E-state index is 0.0198. The molecule has 0 spiro atoms. The lowest BCUT2D eigenvalue weighted by atomic mass is 9.89. The fraction of sp³-hybridized carbons (Fsp3) is 1.00. The number of hydrogen-bond acceptors (Lipinski definition) is 3. The monoisotopic (exact) mass is 202 g/mol. The highest BCUT2D eigenvalue weighted by Crippen LogP contribution is 2.38. The first kappa shape index (κ1) is 12.0. The molecule has 0 amide bonds. The molecular formula is C11H22O3. The lowest BCUT2D eigenvalue weighted by molar-refractivity contribution is -0.0529. The Kier molecular flexibility index (Phi) is 4.35. The van der Waals surface area contributed by atoms with E-state index in [2.05, 4.69) is 13.8 Å². The average molecular weight is 202 g/mol. The van der Waals surface area contributed by atoms with Gasteiger partial charge < -0.3 is 14.6 Å². The summed E-state index contributed by atoms with van der Waals surface area (Å²) < 4.78 is 10.6. The molecule has 0 saturated heterocycles. The van der Waals surface area contributed by atoms with Gasteiger partial charge in [0.05, 0.1) is 12.2 Å². The Labute approximate surface area is 86.4 Å². The SMILES string of the molecule is COCCCOC1CCC(C)(C)C1O. The van der Waals surface area contributed by atoms with Crippen molar-refractivity contribution in [1.82, 2.24) is 0 Å². The molecule has 1 fully saturated rings. The van der Waals surface area contributed by atoms with Gasteiger partial charge in [-0.3, -0.25) is 0 Å². The van der Waals surface area contributed by atoms with Crippen molar-refractivity contribution >= 4 is 0 Å². The van der Waals surface area contributed by atoms with Gasteiger partial charge in [-0.25, -0.2) is 0 Å². The fourth-order valence-electron chi connectivity index (χ4n) is 1.94. The van der Waals surface area contributed by atoms with E-state index in [1.807, 2.05) is 0 Å². The Hall–Kier alpha value is -0.120.